The molecule has 124 valence electrons. The van der Waals surface area contributed by atoms with Crippen molar-refractivity contribution in [1.29, 1.82) is 0 Å². The predicted molar refractivity (Wildman–Crippen MR) is 91.3 cm³/mol. The van der Waals surface area contributed by atoms with Gasteiger partial charge in [0, 0.05) is 29.2 Å². The Morgan fingerprint density at radius 1 is 1.32 bits per heavy atom. The number of carbonyl (C=O) groups excluding carboxylic acids is 1. The molecule has 1 aromatic rings. The number of halogens is 1. The van der Waals surface area contributed by atoms with Crippen molar-refractivity contribution in [3.8, 4) is 11.5 Å². The number of fused-ring (bicyclic) bond motifs is 1. The molecule has 22 heavy (non-hydrogen) atoms. The fraction of sp³-hybridized carbons (Fsp3) is 0.533. The van der Waals surface area contributed by atoms with Crippen LogP contribution in [0.25, 0.3) is 0 Å². The molecule has 1 aliphatic rings. The second kappa shape index (κ2) is 8.50. The predicted octanol–water partition coefficient (Wildman–Crippen LogP) is 2.22. The van der Waals surface area contributed by atoms with E-state index < -0.39 is 0 Å². The zero-order valence-corrected chi connectivity index (χ0v) is 14.5. The van der Waals surface area contributed by atoms with Crippen LogP contribution < -0.4 is 20.5 Å². The largest absolute Gasteiger partial charge is 0.486 e. The monoisotopic (exact) mass is 346 g/mol. The van der Waals surface area contributed by atoms with E-state index in [9.17, 15) is 4.79 Å². The van der Waals surface area contributed by atoms with E-state index in [2.05, 4.69) is 5.32 Å². The third-order valence-corrected chi connectivity index (χ3v) is 4.10. The average Bonchev–Trinajstić information content (AvgIpc) is 2.46. The van der Waals surface area contributed by atoms with Crippen LogP contribution in [-0.4, -0.2) is 37.0 Å². The SMILES string of the molecule is CC(C)(CN)NC(=O)CCSc1ccc2c(c1)OCCO2.Cl. The highest BCUT2D eigenvalue weighted by Gasteiger charge is 2.18. The van der Waals surface area contributed by atoms with E-state index in [0.29, 0.717) is 31.9 Å². The molecule has 0 saturated carbocycles. The van der Waals surface area contributed by atoms with Gasteiger partial charge in [0.15, 0.2) is 11.5 Å². The quantitative estimate of drug-likeness (QED) is 0.773. The Morgan fingerprint density at radius 2 is 2.00 bits per heavy atom. The Hall–Kier alpha value is -1.11. The number of thioether (sulfide) groups is 1. The maximum atomic E-state index is 11.8. The van der Waals surface area contributed by atoms with Crippen LogP contribution in [0, 0.1) is 0 Å². The highest BCUT2D eigenvalue weighted by molar-refractivity contribution is 7.99. The summed E-state index contributed by atoms with van der Waals surface area (Å²) in [6.07, 6.45) is 0.461. The second-order valence-corrected chi connectivity index (χ2v) is 6.71. The molecule has 1 amide bonds. The molecule has 0 bridgehead atoms. The summed E-state index contributed by atoms with van der Waals surface area (Å²) in [5.41, 5.74) is 5.24. The molecule has 0 aromatic heterocycles. The fourth-order valence-electron chi connectivity index (χ4n) is 1.87. The summed E-state index contributed by atoms with van der Waals surface area (Å²) in [6, 6.07) is 5.86. The lowest BCUT2D eigenvalue weighted by molar-refractivity contribution is -0.122. The van der Waals surface area contributed by atoms with Gasteiger partial charge in [-0.25, -0.2) is 0 Å². The minimum absolute atomic E-state index is 0. The summed E-state index contributed by atoms with van der Waals surface area (Å²) in [7, 11) is 0. The molecular weight excluding hydrogens is 324 g/mol. The Bertz CT molecular complexity index is 512. The molecule has 1 aromatic carbocycles. The number of hydrogen-bond acceptors (Lipinski definition) is 5. The summed E-state index contributed by atoms with van der Waals surface area (Å²) in [4.78, 5) is 12.9. The molecule has 5 nitrogen and oxygen atoms in total. The zero-order valence-electron chi connectivity index (χ0n) is 12.9. The van der Waals surface area contributed by atoms with Gasteiger partial charge in [-0.3, -0.25) is 4.79 Å². The van der Waals surface area contributed by atoms with E-state index in [1.165, 1.54) is 0 Å². The maximum Gasteiger partial charge on any atom is 0.221 e. The van der Waals surface area contributed by atoms with Gasteiger partial charge < -0.3 is 20.5 Å². The Labute approximate surface area is 141 Å². The lowest BCUT2D eigenvalue weighted by Crippen LogP contribution is -2.48. The number of nitrogens with two attached hydrogens (primary N) is 1. The molecule has 0 aliphatic carbocycles. The van der Waals surface area contributed by atoms with Crippen LogP contribution in [0.3, 0.4) is 0 Å². The third-order valence-electron chi connectivity index (χ3n) is 3.10. The number of benzene rings is 1. The van der Waals surface area contributed by atoms with E-state index in [0.717, 1.165) is 16.4 Å². The number of hydrogen-bond donors (Lipinski definition) is 2. The summed E-state index contributed by atoms with van der Waals surface area (Å²) in [6.45, 7) is 5.43. The smallest absolute Gasteiger partial charge is 0.221 e. The molecule has 0 fully saturated rings. The molecule has 0 saturated heterocycles. The van der Waals surface area contributed by atoms with Gasteiger partial charge >= 0.3 is 0 Å². The van der Waals surface area contributed by atoms with Crippen LogP contribution in [0.4, 0.5) is 0 Å². The fourth-order valence-corrected chi connectivity index (χ4v) is 2.74. The van der Waals surface area contributed by atoms with Crippen LogP contribution >= 0.6 is 24.2 Å². The standard InChI is InChI=1S/C15H22N2O3S.ClH/c1-15(2,10-16)17-14(18)5-8-21-11-3-4-12-13(9-11)20-7-6-19-12;/h3-4,9H,5-8,10,16H2,1-2H3,(H,17,18);1H. The normalized spacial score (nSPS) is 13.2. The van der Waals surface area contributed by atoms with Crippen molar-refractivity contribution in [2.24, 2.45) is 5.73 Å². The molecule has 1 aliphatic heterocycles. The van der Waals surface area contributed by atoms with Crippen molar-refractivity contribution < 1.29 is 14.3 Å². The Kier molecular flexibility index (Phi) is 7.32. The first-order valence-corrected chi connectivity index (χ1v) is 8.02. The molecule has 3 N–H and O–H groups in total. The second-order valence-electron chi connectivity index (χ2n) is 5.54. The van der Waals surface area contributed by atoms with E-state index in [1.54, 1.807) is 11.8 Å². The van der Waals surface area contributed by atoms with Gasteiger partial charge in [0.2, 0.25) is 5.91 Å². The Morgan fingerprint density at radius 3 is 2.68 bits per heavy atom. The molecule has 7 heteroatoms. The van der Waals surface area contributed by atoms with Crippen molar-refractivity contribution in [2.45, 2.75) is 30.7 Å². The van der Waals surface area contributed by atoms with E-state index in [4.69, 9.17) is 15.2 Å². The van der Waals surface area contributed by atoms with Gasteiger partial charge in [-0.2, -0.15) is 0 Å². The minimum Gasteiger partial charge on any atom is -0.486 e. The van der Waals surface area contributed by atoms with Crippen LogP contribution in [0.15, 0.2) is 23.1 Å². The van der Waals surface area contributed by atoms with E-state index in [-0.39, 0.29) is 23.9 Å². The van der Waals surface area contributed by atoms with Crippen LogP contribution in [0.2, 0.25) is 0 Å². The minimum atomic E-state index is -0.348. The first-order valence-electron chi connectivity index (χ1n) is 7.04. The number of rotatable bonds is 6. The van der Waals surface area contributed by atoms with Crippen molar-refractivity contribution in [1.82, 2.24) is 5.32 Å². The number of amides is 1. The first-order chi connectivity index (χ1) is 10.00. The summed E-state index contributed by atoms with van der Waals surface area (Å²) in [5, 5.41) is 2.92. The molecule has 0 unspecified atom stereocenters. The van der Waals surface area contributed by atoms with Crippen molar-refractivity contribution in [3.63, 3.8) is 0 Å². The molecule has 2 rings (SSSR count). The van der Waals surface area contributed by atoms with Gasteiger partial charge in [0.1, 0.15) is 13.2 Å². The summed E-state index contributed by atoms with van der Waals surface area (Å²) in [5.74, 6) is 2.30. The highest BCUT2D eigenvalue weighted by atomic mass is 35.5. The average molecular weight is 347 g/mol. The number of ether oxygens (including phenoxy) is 2. The lowest BCUT2D eigenvalue weighted by atomic mass is 10.1. The topological polar surface area (TPSA) is 73.6 Å². The van der Waals surface area contributed by atoms with Crippen molar-refractivity contribution in [3.05, 3.63) is 18.2 Å². The van der Waals surface area contributed by atoms with E-state index in [1.807, 2.05) is 32.0 Å². The lowest BCUT2D eigenvalue weighted by Gasteiger charge is -2.24. The number of carbonyl (C=O) groups is 1. The highest BCUT2D eigenvalue weighted by Crippen LogP contribution is 2.34. The molecule has 1 heterocycles. The molecule has 0 atom stereocenters. The van der Waals surface area contributed by atoms with Crippen LogP contribution in [-0.2, 0) is 4.79 Å². The van der Waals surface area contributed by atoms with Crippen molar-refractivity contribution >= 4 is 30.1 Å². The first kappa shape index (κ1) is 18.9. The zero-order chi connectivity index (χ0) is 15.3. The number of nitrogens with one attached hydrogen (secondary N) is 1. The van der Waals surface area contributed by atoms with E-state index >= 15 is 0 Å². The molecule has 0 spiro atoms. The third kappa shape index (κ3) is 5.59. The summed E-state index contributed by atoms with van der Waals surface area (Å²) < 4.78 is 11.0. The summed E-state index contributed by atoms with van der Waals surface area (Å²) >= 11 is 1.63. The van der Waals surface area contributed by atoms with Gasteiger partial charge in [-0.15, -0.1) is 24.2 Å². The van der Waals surface area contributed by atoms with Crippen molar-refractivity contribution in [2.75, 3.05) is 25.5 Å². The van der Waals surface area contributed by atoms with Gasteiger partial charge in [0.25, 0.3) is 0 Å². The maximum absolute atomic E-state index is 11.8. The Balaban J connectivity index is 0.00000242. The van der Waals surface area contributed by atoms with Gasteiger partial charge in [-0.1, -0.05) is 0 Å². The molecule has 0 radical (unpaired) electrons. The molecular formula is C15H23ClN2O3S. The van der Waals surface area contributed by atoms with Gasteiger partial charge in [0.05, 0.1) is 0 Å². The van der Waals surface area contributed by atoms with Gasteiger partial charge in [-0.05, 0) is 32.0 Å². The van der Waals surface area contributed by atoms with Crippen LogP contribution in [0.5, 0.6) is 11.5 Å². The van der Waals surface area contributed by atoms with Crippen LogP contribution in [0.1, 0.15) is 20.3 Å².